The lowest BCUT2D eigenvalue weighted by Gasteiger charge is -2.32. The van der Waals surface area contributed by atoms with Crippen LogP contribution in [0.1, 0.15) is 69.9 Å². The molecule has 10 heteroatoms. The quantitative estimate of drug-likeness (QED) is 0.258. The zero-order valence-corrected chi connectivity index (χ0v) is 23.5. The summed E-state index contributed by atoms with van der Waals surface area (Å²) in [5, 5.41) is 9.50. The molecule has 2 aromatic carbocycles. The van der Waals surface area contributed by atoms with Crippen LogP contribution in [0.25, 0.3) is 11.0 Å². The number of likely N-dealkylation sites (tertiary alicyclic amines) is 1. The summed E-state index contributed by atoms with van der Waals surface area (Å²) in [4.78, 5) is 35.1. The van der Waals surface area contributed by atoms with Gasteiger partial charge in [0.1, 0.15) is 18.2 Å². The van der Waals surface area contributed by atoms with Gasteiger partial charge < -0.3 is 19.1 Å². The number of carboxylic acids is 1. The molecule has 2 aliphatic heterocycles. The fourth-order valence-corrected chi connectivity index (χ4v) is 5.68. The number of ketones is 1. The Kier molecular flexibility index (Phi) is 7.99. The second kappa shape index (κ2) is 12.0. The molecule has 0 aliphatic carbocycles. The lowest BCUT2D eigenvalue weighted by molar-refractivity contribution is -0.0592. The Morgan fingerprint density at radius 3 is 2.57 bits per heavy atom. The number of imidazole rings is 1. The van der Waals surface area contributed by atoms with Crippen LogP contribution in [0.2, 0.25) is 0 Å². The Bertz CT molecular complexity index is 1620. The molecule has 1 atom stereocenters. The first-order valence-corrected chi connectivity index (χ1v) is 14.3. The highest BCUT2D eigenvalue weighted by Crippen LogP contribution is 2.30. The Balaban J connectivity index is 1.09. The maximum absolute atomic E-state index is 14.2. The highest BCUT2D eigenvalue weighted by Gasteiger charge is 2.26. The van der Waals surface area contributed by atoms with Gasteiger partial charge in [-0.15, -0.1) is 0 Å². The second-order valence-corrected chi connectivity index (χ2v) is 11.0. The molecule has 4 aromatic rings. The summed E-state index contributed by atoms with van der Waals surface area (Å²) in [5.41, 5.74) is 3.55. The number of hydrogen-bond acceptors (Lipinski definition) is 7. The standard InChI is InChI=1S/C32H33FN4O5/c1-20(38)25-7-5-21(15-26(25)33)19-42-31-4-2-3-27(35-31)22-9-12-36(13-10-22)18-30-34-28-8-6-23(32(39)40)16-29(28)37(30)17-24-11-14-41-24/h2-8,15-16,22,24H,9-14,17-19H2,1H3,(H,39,40). The number of rotatable bonds is 10. The number of pyridine rings is 1. The third kappa shape index (κ3) is 6.05. The van der Waals surface area contributed by atoms with Gasteiger partial charge in [0, 0.05) is 24.3 Å². The molecular formula is C32H33FN4O5. The highest BCUT2D eigenvalue weighted by atomic mass is 19.1. The Labute approximate surface area is 242 Å². The Morgan fingerprint density at radius 1 is 1.07 bits per heavy atom. The zero-order valence-electron chi connectivity index (χ0n) is 23.5. The van der Waals surface area contributed by atoms with Gasteiger partial charge in [-0.25, -0.2) is 19.2 Å². The lowest BCUT2D eigenvalue weighted by Crippen LogP contribution is -2.35. The number of piperidine rings is 1. The van der Waals surface area contributed by atoms with E-state index in [0.717, 1.165) is 61.5 Å². The molecule has 2 aromatic heterocycles. The predicted molar refractivity (Wildman–Crippen MR) is 153 cm³/mol. The van der Waals surface area contributed by atoms with Crippen molar-refractivity contribution in [2.24, 2.45) is 0 Å². The van der Waals surface area contributed by atoms with Crippen molar-refractivity contribution in [1.82, 2.24) is 19.4 Å². The zero-order chi connectivity index (χ0) is 29.2. The van der Waals surface area contributed by atoms with Crippen molar-refractivity contribution in [2.75, 3.05) is 19.7 Å². The summed E-state index contributed by atoms with van der Waals surface area (Å²) in [5.74, 6) is -0.113. The largest absolute Gasteiger partial charge is 0.478 e. The summed E-state index contributed by atoms with van der Waals surface area (Å²) in [6, 6.07) is 15.3. The van der Waals surface area contributed by atoms with E-state index in [1.807, 2.05) is 12.1 Å². The molecule has 42 heavy (non-hydrogen) atoms. The highest BCUT2D eigenvalue weighted by molar-refractivity contribution is 5.94. The number of carbonyl (C=O) groups is 2. The van der Waals surface area contributed by atoms with Crippen molar-refractivity contribution in [1.29, 1.82) is 0 Å². The van der Waals surface area contributed by atoms with E-state index < -0.39 is 11.8 Å². The van der Waals surface area contributed by atoms with Gasteiger partial charge >= 0.3 is 5.97 Å². The molecule has 0 saturated carbocycles. The maximum atomic E-state index is 14.2. The number of Topliss-reactive ketones (excluding diaryl/α,β-unsaturated/α-hetero) is 1. The van der Waals surface area contributed by atoms with E-state index in [-0.39, 0.29) is 35.5 Å². The van der Waals surface area contributed by atoms with Gasteiger partial charge in [-0.2, -0.15) is 0 Å². The molecule has 0 amide bonds. The molecule has 1 N–H and O–H groups in total. The molecular weight excluding hydrogens is 539 g/mol. The second-order valence-electron chi connectivity index (χ2n) is 11.0. The van der Waals surface area contributed by atoms with E-state index >= 15 is 0 Å². The Hall–Kier alpha value is -4.15. The first-order chi connectivity index (χ1) is 20.3. The average molecular weight is 573 g/mol. The van der Waals surface area contributed by atoms with Crippen molar-refractivity contribution in [3.05, 3.63) is 88.6 Å². The van der Waals surface area contributed by atoms with Crippen LogP contribution in [0.5, 0.6) is 5.88 Å². The van der Waals surface area contributed by atoms with Crippen molar-refractivity contribution in [2.45, 2.75) is 57.9 Å². The summed E-state index contributed by atoms with van der Waals surface area (Å²) < 4.78 is 27.8. The third-order valence-electron chi connectivity index (χ3n) is 8.17. The smallest absolute Gasteiger partial charge is 0.335 e. The topological polar surface area (TPSA) is 107 Å². The van der Waals surface area contributed by atoms with Gasteiger partial charge in [0.25, 0.3) is 0 Å². The molecule has 1 unspecified atom stereocenters. The monoisotopic (exact) mass is 572 g/mol. The number of carbonyl (C=O) groups excluding carboxylic acids is 1. The van der Waals surface area contributed by atoms with E-state index in [4.69, 9.17) is 19.4 Å². The van der Waals surface area contributed by atoms with Crippen LogP contribution in [0.15, 0.2) is 54.6 Å². The summed E-state index contributed by atoms with van der Waals surface area (Å²) >= 11 is 0. The van der Waals surface area contributed by atoms with Crippen molar-refractivity contribution in [3.8, 4) is 5.88 Å². The normalized spacial score (nSPS) is 17.7. The summed E-state index contributed by atoms with van der Waals surface area (Å²) in [7, 11) is 0. The van der Waals surface area contributed by atoms with Crippen LogP contribution >= 0.6 is 0 Å². The summed E-state index contributed by atoms with van der Waals surface area (Å²) in [6.45, 7) is 5.35. The van der Waals surface area contributed by atoms with Gasteiger partial charge in [0.05, 0.1) is 41.4 Å². The van der Waals surface area contributed by atoms with Crippen molar-refractivity contribution < 1.29 is 28.6 Å². The van der Waals surface area contributed by atoms with Crippen LogP contribution in [0, 0.1) is 5.82 Å². The van der Waals surface area contributed by atoms with Gasteiger partial charge in [-0.05, 0) is 81.2 Å². The number of aromatic carboxylic acids is 1. The molecule has 0 bridgehead atoms. The number of hydrogen-bond donors (Lipinski definition) is 1. The van der Waals surface area contributed by atoms with E-state index in [2.05, 4.69) is 9.47 Å². The molecule has 2 fully saturated rings. The molecule has 0 radical (unpaired) electrons. The van der Waals surface area contributed by atoms with Crippen molar-refractivity contribution >= 4 is 22.8 Å². The number of fused-ring (bicyclic) bond motifs is 1. The van der Waals surface area contributed by atoms with Gasteiger partial charge in [0.15, 0.2) is 5.78 Å². The number of benzene rings is 2. The van der Waals surface area contributed by atoms with Crippen LogP contribution in [0.3, 0.4) is 0 Å². The van der Waals surface area contributed by atoms with Crippen LogP contribution in [-0.2, 0) is 24.4 Å². The third-order valence-corrected chi connectivity index (χ3v) is 8.17. The van der Waals surface area contributed by atoms with E-state index in [1.54, 1.807) is 30.3 Å². The number of nitrogens with zero attached hydrogens (tertiary/aromatic N) is 4. The van der Waals surface area contributed by atoms with Crippen LogP contribution in [-0.4, -0.2) is 62.1 Å². The first kappa shape index (κ1) is 28.0. The predicted octanol–water partition coefficient (Wildman–Crippen LogP) is 5.22. The average Bonchev–Trinajstić information content (AvgIpc) is 3.30. The van der Waals surface area contributed by atoms with E-state index in [9.17, 15) is 19.1 Å². The molecule has 4 heterocycles. The van der Waals surface area contributed by atoms with Crippen molar-refractivity contribution in [3.63, 3.8) is 0 Å². The summed E-state index contributed by atoms with van der Waals surface area (Å²) in [6.07, 6.45) is 2.98. The van der Waals surface area contributed by atoms with E-state index in [0.29, 0.717) is 24.5 Å². The maximum Gasteiger partial charge on any atom is 0.335 e. The minimum Gasteiger partial charge on any atom is -0.478 e. The Morgan fingerprint density at radius 2 is 1.88 bits per heavy atom. The molecule has 9 nitrogen and oxygen atoms in total. The van der Waals surface area contributed by atoms with Gasteiger partial charge in [-0.1, -0.05) is 12.1 Å². The number of ether oxygens (including phenoxy) is 2. The SMILES string of the molecule is CC(=O)c1ccc(COc2cccc(C3CCN(Cc4nc5ccc(C(=O)O)cc5n4CC4CCO4)CC3)n2)cc1F. The molecule has 2 aliphatic rings. The minimum atomic E-state index is -0.950. The number of halogens is 1. The van der Waals surface area contributed by atoms with E-state index in [1.165, 1.54) is 19.1 Å². The van der Waals surface area contributed by atoms with Gasteiger partial charge in [-0.3, -0.25) is 9.69 Å². The molecule has 2 saturated heterocycles. The molecule has 0 spiro atoms. The lowest BCUT2D eigenvalue weighted by atomic mass is 9.93. The number of aromatic nitrogens is 3. The first-order valence-electron chi connectivity index (χ1n) is 14.3. The molecule has 218 valence electrons. The number of carboxylic acid groups (broad SMARTS) is 1. The van der Waals surface area contributed by atoms with Crippen LogP contribution in [0.4, 0.5) is 4.39 Å². The fourth-order valence-electron chi connectivity index (χ4n) is 5.68. The molecule has 6 rings (SSSR count). The van der Waals surface area contributed by atoms with Crippen LogP contribution < -0.4 is 4.74 Å². The van der Waals surface area contributed by atoms with Gasteiger partial charge in [0.2, 0.25) is 5.88 Å². The minimum absolute atomic E-state index is 0.0715. The fraction of sp³-hybridized carbons (Fsp3) is 0.375.